The second kappa shape index (κ2) is 5.24. The van der Waals surface area contributed by atoms with Crippen molar-refractivity contribution in [1.82, 2.24) is 10.2 Å². The van der Waals surface area contributed by atoms with E-state index in [1.165, 1.54) is 14.7 Å². The van der Waals surface area contributed by atoms with Crippen molar-refractivity contribution >= 4 is 34.6 Å². The van der Waals surface area contributed by atoms with Crippen molar-refractivity contribution in [3.05, 3.63) is 40.6 Å². The van der Waals surface area contributed by atoms with Gasteiger partial charge in [0.2, 0.25) is 0 Å². The van der Waals surface area contributed by atoms with E-state index in [-0.39, 0.29) is 0 Å². The summed E-state index contributed by atoms with van der Waals surface area (Å²) in [5, 5.41) is 5.58. The van der Waals surface area contributed by atoms with Crippen LogP contribution in [0.2, 0.25) is 0 Å². The van der Waals surface area contributed by atoms with Crippen LogP contribution < -0.4 is 5.32 Å². The van der Waals surface area contributed by atoms with Crippen LogP contribution in [0.15, 0.2) is 50.5 Å². The van der Waals surface area contributed by atoms with E-state index < -0.39 is 0 Å². The highest BCUT2D eigenvalue weighted by molar-refractivity contribution is 7.99. The van der Waals surface area contributed by atoms with E-state index in [0.717, 1.165) is 37.7 Å². The number of piperazine rings is 1. The molecule has 2 aliphatic rings. The molecule has 4 rings (SSSR count). The summed E-state index contributed by atoms with van der Waals surface area (Å²) in [6.07, 6.45) is 0. The summed E-state index contributed by atoms with van der Waals surface area (Å²) in [5.41, 5.74) is 1.09. The van der Waals surface area contributed by atoms with Crippen molar-refractivity contribution in [2.75, 3.05) is 26.2 Å². The Morgan fingerprint density at radius 1 is 1.05 bits per heavy atom. The van der Waals surface area contributed by atoms with Gasteiger partial charge in [-0.15, -0.1) is 11.3 Å². The molecule has 0 saturated carbocycles. The fourth-order valence-electron chi connectivity index (χ4n) is 2.55. The minimum absolute atomic E-state index is 1.03. The lowest BCUT2D eigenvalue weighted by molar-refractivity contribution is 0.358. The quantitative estimate of drug-likeness (QED) is 0.810. The van der Waals surface area contributed by atoms with Crippen LogP contribution in [-0.4, -0.2) is 36.9 Å². The first kappa shape index (κ1) is 12.4. The molecule has 1 aromatic heterocycles. The highest BCUT2D eigenvalue weighted by Gasteiger charge is 2.23. The number of nitrogens with one attached hydrogen (secondary N) is 1. The standard InChI is InChI=1S/C15H15N3S2/c1-2-4-12-11(3-1)17-15(18-8-6-16-7-9-18)14-13(20-12)5-10-19-14/h1-5,10,16H,6-9H2. The first-order valence-electron chi connectivity index (χ1n) is 6.81. The second-order valence-electron chi connectivity index (χ2n) is 4.86. The highest BCUT2D eigenvalue weighted by Crippen LogP contribution is 2.42. The number of hydrogen-bond donors (Lipinski definition) is 1. The Bertz CT molecular complexity index is 657. The van der Waals surface area contributed by atoms with Crippen LogP contribution in [0.3, 0.4) is 0 Å². The average Bonchev–Trinajstić information content (AvgIpc) is 2.89. The molecular formula is C15H15N3S2. The van der Waals surface area contributed by atoms with Crippen molar-refractivity contribution in [2.24, 2.45) is 4.99 Å². The predicted octanol–water partition coefficient (Wildman–Crippen LogP) is 3.20. The number of nitrogens with zero attached hydrogens (tertiary/aromatic N) is 2. The summed E-state index contributed by atoms with van der Waals surface area (Å²) in [5.74, 6) is 1.15. The zero-order valence-corrected chi connectivity index (χ0v) is 12.6. The SMILES string of the molecule is c1ccc2c(c1)N=C(N1CCNCC1)c1sccc1S2. The third-order valence-corrected chi connectivity index (χ3v) is 5.73. The van der Waals surface area contributed by atoms with Crippen molar-refractivity contribution < 1.29 is 0 Å². The topological polar surface area (TPSA) is 27.6 Å². The molecule has 1 fully saturated rings. The van der Waals surface area contributed by atoms with Gasteiger partial charge in [0.15, 0.2) is 0 Å². The van der Waals surface area contributed by atoms with Crippen LogP contribution in [0.25, 0.3) is 0 Å². The van der Waals surface area contributed by atoms with Crippen molar-refractivity contribution in [1.29, 1.82) is 0 Å². The zero-order valence-electron chi connectivity index (χ0n) is 11.0. The Morgan fingerprint density at radius 2 is 1.90 bits per heavy atom. The summed E-state index contributed by atoms with van der Waals surface area (Å²) < 4.78 is 0. The van der Waals surface area contributed by atoms with Gasteiger partial charge < -0.3 is 10.2 Å². The molecule has 0 amide bonds. The van der Waals surface area contributed by atoms with Gasteiger partial charge in [-0.2, -0.15) is 0 Å². The molecule has 0 radical (unpaired) electrons. The Balaban J connectivity index is 1.84. The smallest absolute Gasteiger partial charge is 0.147 e. The van der Waals surface area contributed by atoms with E-state index in [1.54, 1.807) is 11.3 Å². The van der Waals surface area contributed by atoms with Crippen LogP contribution in [-0.2, 0) is 0 Å². The number of para-hydroxylation sites is 1. The largest absolute Gasteiger partial charge is 0.353 e. The average molecular weight is 301 g/mol. The summed E-state index contributed by atoms with van der Waals surface area (Å²) >= 11 is 3.63. The molecule has 0 bridgehead atoms. The van der Waals surface area contributed by atoms with Gasteiger partial charge in [0, 0.05) is 36.0 Å². The summed E-state index contributed by atoms with van der Waals surface area (Å²) in [7, 11) is 0. The molecule has 0 aliphatic carbocycles. The minimum Gasteiger partial charge on any atom is -0.353 e. The summed E-state index contributed by atoms with van der Waals surface area (Å²) in [6.45, 7) is 4.13. The molecule has 0 atom stereocenters. The van der Waals surface area contributed by atoms with Gasteiger partial charge in [0.25, 0.3) is 0 Å². The molecule has 102 valence electrons. The third-order valence-electron chi connectivity index (χ3n) is 3.56. The third kappa shape index (κ3) is 2.16. The van der Waals surface area contributed by atoms with Gasteiger partial charge in [0.1, 0.15) is 5.84 Å². The fourth-order valence-corrected chi connectivity index (χ4v) is 4.63. The molecular weight excluding hydrogens is 286 g/mol. The first-order valence-corrected chi connectivity index (χ1v) is 8.50. The Morgan fingerprint density at radius 3 is 2.80 bits per heavy atom. The van der Waals surface area contributed by atoms with Crippen LogP contribution in [0.4, 0.5) is 5.69 Å². The maximum atomic E-state index is 4.98. The van der Waals surface area contributed by atoms with E-state index in [1.807, 2.05) is 11.8 Å². The fraction of sp³-hybridized carbons (Fsp3) is 0.267. The predicted molar refractivity (Wildman–Crippen MR) is 85.5 cm³/mol. The highest BCUT2D eigenvalue weighted by atomic mass is 32.2. The van der Waals surface area contributed by atoms with Crippen LogP contribution in [0.1, 0.15) is 4.88 Å². The number of aliphatic imine (C=N–C) groups is 1. The van der Waals surface area contributed by atoms with Crippen LogP contribution >= 0.6 is 23.1 Å². The minimum atomic E-state index is 1.03. The van der Waals surface area contributed by atoms with E-state index in [2.05, 4.69) is 45.9 Å². The molecule has 2 aromatic rings. The monoisotopic (exact) mass is 301 g/mol. The lowest BCUT2D eigenvalue weighted by Gasteiger charge is -2.30. The zero-order chi connectivity index (χ0) is 13.4. The number of amidine groups is 1. The Hall–Kier alpha value is -1.30. The number of rotatable bonds is 0. The number of benzene rings is 1. The van der Waals surface area contributed by atoms with E-state index in [4.69, 9.17) is 4.99 Å². The van der Waals surface area contributed by atoms with E-state index >= 15 is 0 Å². The van der Waals surface area contributed by atoms with Crippen LogP contribution in [0, 0.1) is 0 Å². The Kier molecular flexibility index (Phi) is 3.26. The maximum absolute atomic E-state index is 4.98. The lowest BCUT2D eigenvalue weighted by Crippen LogP contribution is -2.46. The number of hydrogen-bond acceptors (Lipinski definition) is 5. The molecule has 5 heteroatoms. The Labute approximate surface area is 126 Å². The normalized spacial score (nSPS) is 18.0. The van der Waals surface area contributed by atoms with Crippen LogP contribution in [0.5, 0.6) is 0 Å². The molecule has 0 unspecified atom stereocenters. The molecule has 1 N–H and O–H groups in total. The van der Waals surface area contributed by atoms with E-state index in [9.17, 15) is 0 Å². The van der Waals surface area contributed by atoms with Gasteiger partial charge in [-0.25, -0.2) is 4.99 Å². The molecule has 3 heterocycles. The molecule has 20 heavy (non-hydrogen) atoms. The number of thiophene rings is 1. The van der Waals surface area contributed by atoms with Crippen molar-refractivity contribution in [3.8, 4) is 0 Å². The maximum Gasteiger partial charge on any atom is 0.147 e. The molecule has 3 nitrogen and oxygen atoms in total. The first-order chi connectivity index (χ1) is 9.92. The number of fused-ring (bicyclic) bond motifs is 2. The summed E-state index contributed by atoms with van der Waals surface area (Å²) in [4.78, 5) is 11.3. The van der Waals surface area contributed by atoms with Gasteiger partial charge in [-0.1, -0.05) is 23.9 Å². The van der Waals surface area contributed by atoms with Gasteiger partial charge in [-0.3, -0.25) is 0 Å². The molecule has 1 saturated heterocycles. The van der Waals surface area contributed by atoms with Crippen molar-refractivity contribution in [2.45, 2.75) is 9.79 Å². The molecule has 2 aliphatic heterocycles. The van der Waals surface area contributed by atoms with Gasteiger partial charge in [-0.05, 0) is 23.6 Å². The second-order valence-corrected chi connectivity index (χ2v) is 6.86. The molecule has 1 aromatic carbocycles. The molecule has 0 spiro atoms. The van der Waals surface area contributed by atoms with Gasteiger partial charge in [0.05, 0.1) is 10.6 Å². The van der Waals surface area contributed by atoms with Crippen molar-refractivity contribution in [3.63, 3.8) is 0 Å². The lowest BCUT2D eigenvalue weighted by atomic mass is 10.3. The van der Waals surface area contributed by atoms with Gasteiger partial charge >= 0.3 is 0 Å². The van der Waals surface area contributed by atoms with E-state index in [0.29, 0.717) is 0 Å². The summed E-state index contributed by atoms with van der Waals surface area (Å²) in [6, 6.07) is 10.6.